The number of anilines is 2. The maximum atomic E-state index is 13.2. The zero-order valence-corrected chi connectivity index (χ0v) is 20.1. The Morgan fingerprint density at radius 1 is 0.943 bits per heavy atom. The molecule has 1 aliphatic rings. The van der Waals surface area contributed by atoms with E-state index in [0.717, 1.165) is 16.8 Å². The Morgan fingerprint density at radius 3 is 2.31 bits per heavy atom. The average molecular weight is 497 g/mol. The normalized spacial score (nSPS) is 14.3. The molecule has 0 atom stereocenters. The van der Waals surface area contributed by atoms with Gasteiger partial charge in [-0.2, -0.15) is 0 Å². The van der Waals surface area contributed by atoms with E-state index in [9.17, 15) is 9.59 Å². The topological polar surface area (TPSA) is 74.7 Å². The first-order chi connectivity index (χ1) is 17.2. The lowest BCUT2D eigenvalue weighted by molar-refractivity contribution is -0.114. The van der Waals surface area contributed by atoms with Crippen molar-refractivity contribution in [3.05, 3.63) is 108 Å². The molecule has 4 aromatic rings. The zero-order valence-electron chi connectivity index (χ0n) is 18.5. The molecule has 3 aromatic carbocycles. The number of hydrogen-bond acceptors (Lipinski definition) is 6. The van der Waals surface area contributed by atoms with Crippen molar-refractivity contribution < 1.29 is 9.59 Å². The fourth-order valence-corrected chi connectivity index (χ4v) is 5.01. The van der Waals surface area contributed by atoms with Crippen LogP contribution >= 0.6 is 23.1 Å². The van der Waals surface area contributed by atoms with E-state index in [1.807, 2.05) is 96.4 Å². The summed E-state index contributed by atoms with van der Waals surface area (Å²) >= 11 is 2.59. The summed E-state index contributed by atoms with van der Waals surface area (Å²) in [5.74, 6) is -0.350. The second-order valence-electron chi connectivity index (χ2n) is 7.55. The van der Waals surface area contributed by atoms with E-state index in [0.29, 0.717) is 21.7 Å². The summed E-state index contributed by atoms with van der Waals surface area (Å²) in [7, 11) is 0. The first kappa shape index (κ1) is 22.8. The fraction of sp³-hybridized carbons (Fsp3) is 0.0370. The Hall–Kier alpha value is -4.01. The number of benzene rings is 3. The van der Waals surface area contributed by atoms with Crippen LogP contribution in [0.3, 0.4) is 0 Å². The number of nitrogens with zero attached hydrogens (tertiary/aromatic N) is 3. The third kappa shape index (κ3) is 5.40. The molecule has 2 heterocycles. The van der Waals surface area contributed by atoms with E-state index in [1.54, 1.807) is 11.0 Å². The second-order valence-corrected chi connectivity index (χ2v) is 9.35. The quantitative estimate of drug-likeness (QED) is 0.336. The molecular weight excluding hydrogens is 476 g/mol. The highest BCUT2D eigenvalue weighted by Crippen LogP contribution is 2.30. The number of amides is 2. The predicted octanol–water partition coefficient (Wildman–Crippen LogP) is 5.93. The molecule has 1 aromatic heterocycles. The molecule has 0 aliphatic carbocycles. The third-order valence-electron chi connectivity index (χ3n) is 5.10. The number of aromatic nitrogens is 1. The van der Waals surface area contributed by atoms with Crippen LogP contribution in [0.1, 0.15) is 5.56 Å². The molecule has 8 heteroatoms. The first-order valence-corrected chi connectivity index (χ1v) is 12.7. The highest BCUT2D eigenvalue weighted by atomic mass is 32.2. The van der Waals surface area contributed by atoms with E-state index in [2.05, 4.69) is 15.3 Å². The molecule has 0 unspecified atom stereocenters. The van der Waals surface area contributed by atoms with Gasteiger partial charge in [0.05, 0.1) is 17.1 Å². The van der Waals surface area contributed by atoms with Crippen LogP contribution < -0.4 is 10.2 Å². The summed E-state index contributed by atoms with van der Waals surface area (Å²) in [5, 5.41) is 5.75. The van der Waals surface area contributed by atoms with Crippen molar-refractivity contribution in [1.82, 2.24) is 4.98 Å². The number of nitrogens with one attached hydrogen (secondary N) is 1. The number of rotatable bonds is 6. The SMILES string of the molecule is O=C(CSC1=N/C(=C/c2ccccc2)C(=O)N1c1ccccc1)Nc1nc(-c2ccccc2)cs1. The van der Waals surface area contributed by atoms with Crippen LogP contribution in [0.2, 0.25) is 0 Å². The number of aliphatic imine (C=N–C) groups is 1. The van der Waals surface area contributed by atoms with Crippen LogP contribution in [-0.4, -0.2) is 27.7 Å². The Labute approximate surface area is 211 Å². The fourth-order valence-electron chi connectivity index (χ4n) is 3.46. The molecule has 172 valence electrons. The third-order valence-corrected chi connectivity index (χ3v) is 6.80. The molecule has 35 heavy (non-hydrogen) atoms. The van der Waals surface area contributed by atoms with Gasteiger partial charge in [-0.3, -0.25) is 14.5 Å². The number of amidine groups is 1. The molecule has 0 radical (unpaired) electrons. The van der Waals surface area contributed by atoms with Gasteiger partial charge in [-0.1, -0.05) is 90.6 Å². The molecule has 1 N–H and O–H groups in total. The Morgan fingerprint density at radius 2 is 1.60 bits per heavy atom. The van der Waals surface area contributed by atoms with Crippen LogP contribution in [0.5, 0.6) is 0 Å². The van der Waals surface area contributed by atoms with Crippen LogP contribution in [0.15, 0.2) is 107 Å². The number of thiazole rings is 1. The minimum Gasteiger partial charge on any atom is -0.301 e. The largest absolute Gasteiger partial charge is 0.301 e. The molecule has 0 spiro atoms. The Bertz CT molecular complexity index is 1400. The lowest BCUT2D eigenvalue weighted by Crippen LogP contribution is -2.31. The molecule has 6 nitrogen and oxygen atoms in total. The summed E-state index contributed by atoms with van der Waals surface area (Å²) < 4.78 is 0. The average Bonchev–Trinajstić information content (AvgIpc) is 3.49. The van der Waals surface area contributed by atoms with Crippen LogP contribution in [0.25, 0.3) is 17.3 Å². The van der Waals surface area contributed by atoms with Crippen LogP contribution in [0.4, 0.5) is 10.8 Å². The molecule has 0 fully saturated rings. The van der Waals surface area contributed by atoms with Crippen molar-refractivity contribution in [2.75, 3.05) is 16.0 Å². The van der Waals surface area contributed by atoms with Crippen molar-refractivity contribution in [3.63, 3.8) is 0 Å². The summed E-state index contributed by atoms with van der Waals surface area (Å²) in [5.41, 5.74) is 3.72. The summed E-state index contributed by atoms with van der Waals surface area (Å²) in [4.78, 5) is 36.5. The minimum absolute atomic E-state index is 0.0916. The number of para-hydroxylation sites is 1. The lowest BCUT2D eigenvalue weighted by Gasteiger charge is -2.17. The maximum absolute atomic E-state index is 13.2. The van der Waals surface area contributed by atoms with E-state index in [4.69, 9.17) is 0 Å². The van der Waals surface area contributed by atoms with E-state index in [-0.39, 0.29) is 17.6 Å². The van der Waals surface area contributed by atoms with E-state index >= 15 is 0 Å². The maximum Gasteiger partial charge on any atom is 0.283 e. The van der Waals surface area contributed by atoms with Gasteiger partial charge in [-0.05, 0) is 23.8 Å². The number of thioether (sulfide) groups is 1. The highest BCUT2D eigenvalue weighted by Gasteiger charge is 2.32. The summed E-state index contributed by atoms with van der Waals surface area (Å²) in [6, 6.07) is 28.7. The Kier molecular flexibility index (Phi) is 6.83. The molecule has 0 saturated heterocycles. The van der Waals surface area contributed by atoms with E-state index < -0.39 is 0 Å². The second kappa shape index (κ2) is 10.5. The van der Waals surface area contributed by atoms with Crippen molar-refractivity contribution in [3.8, 4) is 11.3 Å². The van der Waals surface area contributed by atoms with E-state index in [1.165, 1.54) is 23.1 Å². The van der Waals surface area contributed by atoms with Gasteiger partial charge in [0.25, 0.3) is 5.91 Å². The molecular formula is C27H20N4O2S2. The minimum atomic E-state index is -0.226. The molecule has 0 saturated carbocycles. The number of carbonyl (C=O) groups excluding carboxylic acids is 2. The van der Waals surface area contributed by atoms with Crippen molar-refractivity contribution in [2.45, 2.75) is 0 Å². The van der Waals surface area contributed by atoms with Gasteiger partial charge in [-0.25, -0.2) is 9.98 Å². The van der Waals surface area contributed by atoms with Gasteiger partial charge in [0.15, 0.2) is 10.3 Å². The molecule has 1 aliphatic heterocycles. The standard InChI is InChI=1S/C27H20N4O2S2/c32-24(30-26-28-23(17-34-26)20-12-6-2-7-13-20)18-35-27-29-22(16-19-10-4-1-5-11-19)25(33)31(27)21-14-8-3-9-15-21/h1-17H,18H2,(H,28,30,32)/b22-16+. The first-order valence-electron chi connectivity index (χ1n) is 10.9. The molecule has 0 bridgehead atoms. The predicted molar refractivity (Wildman–Crippen MR) is 144 cm³/mol. The van der Waals surface area contributed by atoms with Gasteiger partial charge in [0, 0.05) is 10.9 Å². The van der Waals surface area contributed by atoms with Gasteiger partial charge in [-0.15, -0.1) is 11.3 Å². The number of carbonyl (C=O) groups is 2. The van der Waals surface area contributed by atoms with Gasteiger partial charge in [0.2, 0.25) is 5.91 Å². The zero-order chi connectivity index (χ0) is 24.0. The summed E-state index contributed by atoms with van der Waals surface area (Å²) in [6.07, 6.45) is 1.76. The van der Waals surface area contributed by atoms with Crippen LogP contribution in [0, 0.1) is 0 Å². The monoisotopic (exact) mass is 496 g/mol. The van der Waals surface area contributed by atoms with Crippen LogP contribution in [-0.2, 0) is 9.59 Å². The van der Waals surface area contributed by atoms with Crippen molar-refractivity contribution in [2.24, 2.45) is 4.99 Å². The Balaban J connectivity index is 1.31. The lowest BCUT2D eigenvalue weighted by atomic mass is 10.2. The van der Waals surface area contributed by atoms with Crippen molar-refractivity contribution >= 4 is 57.0 Å². The van der Waals surface area contributed by atoms with Gasteiger partial charge in [0.1, 0.15) is 5.70 Å². The number of hydrogen-bond donors (Lipinski definition) is 1. The molecule has 5 rings (SSSR count). The van der Waals surface area contributed by atoms with Gasteiger partial charge >= 0.3 is 0 Å². The summed E-state index contributed by atoms with van der Waals surface area (Å²) in [6.45, 7) is 0. The van der Waals surface area contributed by atoms with Crippen molar-refractivity contribution in [1.29, 1.82) is 0 Å². The molecule has 2 amide bonds. The smallest absolute Gasteiger partial charge is 0.283 e. The highest BCUT2D eigenvalue weighted by molar-refractivity contribution is 8.14. The van der Waals surface area contributed by atoms with Gasteiger partial charge < -0.3 is 5.32 Å².